The van der Waals surface area contributed by atoms with E-state index in [4.69, 9.17) is 63.1 Å². The summed E-state index contributed by atoms with van der Waals surface area (Å²) in [5.41, 5.74) is 0.287. The van der Waals surface area contributed by atoms with Gasteiger partial charge in [-0.25, -0.2) is 9.48 Å². The summed E-state index contributed by atoms with van der Waals surface area (Å²) in [6.45, 7) is 0. The lowest BCUT2D eigenvalue weighted by atomic mass is 10.3. The summed E-state index contributed by atoms with van der Waals surface area (Å²) in [5, 5.41) is 13.0. The molecule has 1 aromatic carbocycles. The van der Waals surface area contributed by atoms with E-state index in [9.17, 15) is 4.79 Å². The summed E-state index contributed by atoms with van der Waals surface area (Å²) in [6.07, 6.45) is -1.61. The Hall–Kier alpha value is -0.920. The van der Waals surface area contributed by atoms with Crippen molar-refractivity contribution in [3.8, 4) is 11.7 Å². The van der Waals surface area contributed by atoms with Crippen LogP contribution < -0.4 is 4.74 Å². The van der Waals surface area contributed by atoms with E-state index in [1.807, 2.05) is 0 Å². The molecule has 2 rings (SSSR count). The number of alkyl halides is 3. The summed E-state index contributed by atoms with van der Waals surface area (Å²) in [4.78, 5) is 14.3. The molecule has 2 aromatic rings. The molecule has 11 heteroatoms. The standard InChI is InChI=1S/C10H4Cl5N3O3/c11-4-1-2-6(5(12)3-4)18-7(10(13,14)15)16-8(17-18)21-9(19)20/h1-3H,(H,19,20). The monoisotopic (exact) mass is 389 g/mol. The lowest BCUT2D eigenvalue weighted by Gasteiger charge is -2.12. The highest BCUT2D eigenvalue weighted by molar-refractivity contribution is 6.66. The van der Waals surface area contributed by atoms with Gasteiger partial charge in [-0.2, -0.15) is 4.98 Å². The third-order valence-corrected chi connectivity index (χ3v) is 3.20. The Morgan fingerprint density at radius 2 is 1.95 bits per heavy atom. The van der Waals surface area contributed by atoms with Gasteiger partial charge in [0.25, 0.3) is 0 Å². The molecule has 0 saturated carbocycles. The van der Waals surface area contributed by atoms with E-state index >= 15 is 0 Å². The van der Waals surface area contributed by atoms with Crippen LogP contribution in [0.1, 0.15) is 5.82 Å². The average Bonchev–Trinajstić information content (AvgIpc) is 2.71. The van der Waals surface area contributed by atoms with Crippen molar-refractivity contribution < 1.29 is 14.6 Å². The molecule has 1 heterocycles. The third kappa shape index (κ3) is 3.84. The molecule has 0 atom stereocenters. The van der Waals surface area contributed by atoms with Crippen molar-refractivity contribution in [2.75, 3.05) is 0 Å². The number of carbonyl (C=O) groups is 1. The molecule has 0 bridgehead atoms. The second-order valence-corrected chi connectivity index (χ2v) is 6.72. The summed E-state index contributed by atoms with van der Waals surface area (Å²) >= 11 is 29.2. The molecule has 0 aliphatic carbocycles. The van der Waals surface area contributed by atoms with Crippen molar-refractivity contribution in [3.05, 3.63) is 34.1 Å². The van der Waals surface area contributed by atoms with E-state index in [-0.39, 0.29) is 16.5 Å². The van der Waals surface area contributed by atoms with E-state index in [0.717, 1.165) is 4.68 Å². The van der Waals surface area contributed by atoms with Crippen LogP contribution in [0.2, 0.25) is 10.0 Å². The molecule has 0 fully saturated rings. The number of hydrogen-bond acceptors (Lipinski definition) is 4. The molecule has 1 N–H and O–H groups in total. The maximum Gasteiger partial charge on any atom is 0.513 e. The van der Waals surface area contributed by atoms with Crippen molar-refractivity contribution in [1.29, 1.82) is 0 Å². The fourth-order valence-corrected chi connectivity index (χ4v) is 2.27. The molecule has 0 radical (unpaired) electrons. The van der Waals surface area contributed by atoms with Crippen molar-refractivity contribution >= 4 is 64.2 Å². The first-order valence-electron chi connectivity index (χ1n) is 5.09. The Labute approximate surface area is 143 Å². The van der Waals surface area contributed by atoms with Gasteiger partial charge < -0.3 is 9.84 Å². The zero-order chi connectivity index (χ0) is 15.8. The van der Waals surface area contributed by atoms with E-state index < -0.39 is 16.0 Å². The number of hydrogen-bond donors (Lipinski definition) is 1. The van der Waals surface area contributed by atoms with Gasteiger partial charge >= 0.3 is 12.2 Å². The normalized spacial score (nSPS) is 11.5. The summed E-state index contributed by atoms with van der Waals surface area (Å²) < 4.78 is 3.43. The SMILES string of the molecule is O=C(O)Oc1nc(C(Cl)(Cl)Cl)n(-c2ccc(Cl)cc2Cl)n1. The van der Waals surface area contributed by atoms with Gasteiger partial charge in [-0.1, -0.05) is 58.0 Å². The van der Waals surface area contributed by atoms with Crippen molar-refractivity contribution in [3.63, 3.8) is 0 Å². The molecule has 21 heavy (non-hydrogen) atoms. The molecule has 0 unspecified atom stereocenters. The Kier molecular flexibility index (Phi) is 4.75. The zero-order valence-corrected chi connectivity index (χ0v) is 13.5. The molecule has 0 aliphatic rings. The largest absolute Gasteiger partial charge is 0.513 e. The van der Waals surface area contributed by atoms with Crippen LogP contribution in [0.3, 0.4) is 0 Å². The highest BCUT2D eigenvalue weighted by Crippen LogP contribution is 2.39. The van der Waals surface area contributed by atoms with Crippen LogP contribution in [0.4, 0.5) is 4.79 Å². The van der Waals surface area contributed by atoms with Crippen molar-refractivity contribution in [1.82, 2.24) is 14.8 Å². The van der Waals surface area contributed by atoms with Gasteiger partial charge in [-0.05, 0) is 18.2 Å². The van der Waals surface area contributed by atoms with Crippen molar-refractivity contribution in [2.24, 2.45) is 0 Å². The third-order valence-electron chi connectivity index (χ3n) is 2.16. The van der Waals surface area contributed by atoms with Crippen LogP contribution in [0.25, 0.3) is 5.69 Å². The number of nitrogens with zero attached hydrogens (tertiary/aromatic N) is 3. The first-order chi connectivity index (χ1) is 9.68. The van der Waals surface area contributed by atoms with Gasteiger partial charge in [0.15, 0.2) is 5.82 Å². The smallest absolute Gasteiger partial charge is 0.449 e. The van der Waals surface area contributed by atoms with Crippen LogP contribution in [-0.2, 0) is 3.79 Å². The Morgan fingerprint density at radius 3 is 2.48 bits per heavy atom. The maximum absolute atomic E-state index is 10.5. The predicted molar refractivity (Wildman–Crippen MR) is 79.3 cm³/mol. The number of rotatable bonds is 2. The van der Waals surface area contributed by atoms with E-state index in [1.165, 1.54) is 18.2 Å². The summed E-state index contributed by atoms with van der Waals surface area (Å²) in [7, 11) is 0. The topological polar surface area (TPSA) is 77.2 Å². The van der Waals surface area contributed by atoms with Gasteiger partial charge in [0.2, 0.25) is 3.79 Å². The molecular formula is C10H4Cl5N3O3. The molecular weight excluding hydrogens is 387 g/mol. The van der Waals surface area contributed by atoms with Crippen LogP contribution in [0, 0.1) is 0 Å². The lowest BCUT2D eigenvalue weighted by molar-refractivity contribution is 0.140. The van der Waals surface area contributed by atoms with Crippen LogP contribution in [0.5, 0.6) is 6.01 Å². The minimum Gasteiger partial charge on any atom is -0.449 e. The second-order valence-electron chi connectivity index (χ2n) is 3.59. The number of halogens is 5. The molecule has 0 aliphatic heterocycles. The lowest BCUT2D eigenvalue weighted by Crippen LogP contribution is -2.12. The number of benzene rings is 1. The van der Waals surface area contributed by atoms with Crippen LogP contribution in [0.15, 0.2) is 18.2 Å². The molecule has 1 aromatic heterocycles. The fraction of sp³-hybridized carbons (Fsp3) is 0.100. The van der Waals surface area contributed by atoms with Crippen LogP contribution in [-0.4, -0.2) is 26.0 Å². The number of aromatic nitrogens is 3. The average molecular weight is 391 g/mol. The summed E-state index contributed by atoms with van der Waals surface area (Å²) in [6, 6.07) is 3.98. The minimum atomic E-state index is -1.98. The minimum absolute atomic E-state index is 0.187. The number of ether oxygens (including phenoxy) is 1. The zero-order valence-electron chi connectivity index (χ0n) is 9.73. The first kappa shape index (κ1) is 16.5. The summed E-state index contributed by atoms with van der Waals surface area (Å²) in [5.74, 6) is -0.187. The van der Waals surface area contributed by atoms with Gasteiger partial charge in [-0.3, -0.25) is 0 Å². The fourth-order valence-electron chi connectivity index (χ4n) is 1.42. The van der Waals surface area contributed by atoms with Gasteiger partial charge in [0, 0.05) is 5.02 Å². The molecule has 0 spiro atoms. The highest BCUT2D eigenvalue weighted by Gasteiger charge is 2.33. The highest BCUT2D eigenvalue weighted by atomic mass is 35.6. The Bertz CT molecular complexity index is 698. The maximum atomic E-state index is 10.5. The first-order valence-corrected chi connectivity index (χ1v) is 6.98. The number of carboxylic acid groups (broad SMARTS) is 1. The quantitative estimate of drug-likeness (QED) is 0.604. The molecule has 6 nitrogen and oxygen atoms in total. The Balaban J connectivity index is 2.60. The van der Waals surface area contributed by atoms with Gasteiger partial charge in [0.1, 0.15) is 0 Å². The second kappa shape index (κ2) is 6.06. The van der Waals surface area contributed by atoms with Gasteiger partial charge in [0.05, 0.1) is 10.7 Å². The molecule has 0 amide bonds. The van der Waals surface area contributed by atoms with Gasteiger partial charge in [-0.15, -0.1) is 5.10 Å². The Morgan fingerprint density at radius 1 is 1.29 bits per heavy atom. The van der Waals surface area contributed by atoms with E-state index in [1.54, 1.807) is 0 Å². The molecule has 0 saturated heterocycles. The van der Waals surface area contributed by atoms with Crippen molar-refractivity contribution in [2.45, 2.75) is 3.79 Å². The molecule has 112 valence electrons. The van der Waals surface area contributed by atoms with E-state index in [2.05, 4.69) is 14.8 Å². The predicted octanol–water partition coefficient (Wildman–Crippen LogP) is 4.46. The van der Waals surface area contributed by atoms with Crippen LogP contribution >= 0.6 is 58.0 Å². The van der Waals surface area contributed by atoms with E-state index in [0.29, 0.717) is 5.02 Å².